The van der Waals surface area contributed by atoms with Crippen molar-refractivity contribution in [1.29, 1.82) is 0 Å². The van der Waals surface area contributed by atoms with Crippen molar-refractivity contribution in [3.05, 3.63) is 70.8 Å². The van der Waals surface area contributed by atoms with Crippen LogP contribution in [0.4, 0.5) is 11.5 Å². The smallest absolute Gasteiger partial charge is 0.261 e. The van der Waals surface area contributed by atoms with E-state index in [0.29, 0.717) is 16.6 Å². The first-order chi connectivity index (χ1) is 14.4. The Hall–Kier alpha value is -3.74. The van der Waals surface area contributed by atoms with Gasteiger partial charge in [-0.1, -0.05) is 12.1 Å². The summed E-state index contributed by atoms with van der Waals surface area (Å²) >= 11 is 0. The minimum Gasteiger partial charge on any atom is -0.363 e. The number of anilines is 2. The van der Waals surface area contributed by atoms with Gasteiger partial charge in [0.1, 0.15) is 5.82 Å². The molecular formula is C23H23N5O2. The molecule has 0 aliphatic carbocycles. The number of aromatic nitrogens is 3. The summed E-state index contributed by atoms with van der Waals surface area (Å²) in [6.45, 7) is 2.19. The van der Waals surface area contributed by atoms with Crippen LogP contribution in [0.25, 0.3) is 21.8 Å². The number of nitrogens with zero attached hydrogens (tertiary/aromatic N) is 4. The molecule has 152 valence electrons. The molecule has 2 aromatic carbocycles. The van der Waals surface area contributed by atoms with Crippen molar-refractivity contribution in [3.63, 3.8) is 0 Å². The van der Waals surface area contributed by atoms with Gasteiger partial charge in [-0.15, -0.1) is 0 Å². The minimum absolute atomic E-state index is 0.134. The van der Waals surface area contributed by atoms with Gasteiger partial charge in [-0.2, -0.15) is 0 Å². The standard InChI is InChI=1S/C23H23N5O2/c1-15-5-4-6-18-22(15)24-14-28(23(18)30)12-11-21(29)25-17-8-9-19-16(13-17)7-10-20(26-19)27(2)3/h4-10,13-14H,11-12H2,1-3H3,(H,25,29). The predicted molar refractivity (Wildman–Crippen MR) is 120 cm³/mol. The third kappa shape index (κ3) is 3.87. The number of para-hydroxylation sites is 1. The van der Waals surface area contributed by atoms with Crippen molar-refractivity contribution in [2.75, 3.05) is 24.3 Å². The number of fused-ring (bicyclic) bond motifs is 2. The van der Waals surface area contributed by atoms with Gasteiger partial charge < -0.3 is 10.2 Å². The van der Waals surface area contributed by atoms with E-state index in [4.69, 9.17) is 0 Å². The molecule has 0 atom stereocenters. The molecule has 4 rings (SSSR count). The summed E-state index contributed by atoms with van der Waals surface area (Å²) in [5.74, 6) is 0.715. The lowest BCUT2D eigenvalue weighted by Gasteiger charge is -2.12. The van der Waals surface area contributed by atoms with Crippen molar-refractivity contribution >= 4 is 39.2 Å². The van der Waals surface area contributed by atoms with Crippen LogP contribution in [0.2, 0.25) is 0 Å². The molecule has 0 radical (unpaired) electrons. The Balaban J connectivity index is 1.46. The molecule has 0 spiro atoms. The van der Waals surface area contributed by atoms with E-state index in [1.54, 1.807) is 6.07 Å². The fraction of sp³-hybridized carbons (Fsp3) is 0.217. The zero-order valence-corrected chi connectivity index (χ0v) is 17.2. The molecule has 7 heteroatoms. The summed E-state index contributed by atoms with van der Waals surface area (Å²) < 4.78 is 1.48. The molecule has 1 amide bonds. The maximum atomic E-state index is 12.7. The Morgan fingerprint density at radius 3 is 2.77 bits per heavy atom. The molecule has 0 saturated carbocycles. The highest BCUT2D eigenvalue weighted by Crippen LogP contribution is 2.21. The highest BCUT2D eigenvalue weighted by atomic mass is 16.2. The largest absolute Gasteiger partial charge is 0.363 e. The second-order valence-corrected chi connectivity index (χ2v) is 7.48. The molecule has 2 aromatic heterocycles. The van der Waals surface area contributed by atoms with Gasteiger partial charge in [0.05, 0.1) is 22.7 Å². The maximum absolute atomic E-state index is 12.7. The SMILES string of the molecule is Cc1cccc2c(=O)n(CCC(=O)Nc3ccc4nc(N(C)C)ccc4c3)cnc12. The van der Waals surface area contributed by atoms with E-state index in [1.807, 2.05) is 68.4 Å². The molecule has 0 fully saturated rings. The lowest BCUT2D eigenvalue weighted by Crippen LogP contribution is -2.23. The fourth-order valence-corrected chi connectivity index (χ4v) is 3.38. The van der Waals surface area contributed by atoms with Gasteiger partial charge in [-0.05, 0) is 48.9 Å². The second-order valence-electron chi connectivity index (χ2n) is 7.48. The van der Waals surface area contributed by atoms with Crippen LogP contribution in [0.5, 0.6) is 0 Å². The first-order valence-corrected chi connectivity index (χ1v) is 9.75. The van der Waals surface area contributed by atoms with E-state index in [9.17, 15) is 9.59 Å². The third-order valence-electron chi connectivity index (χ3n) is 5.05. The number of pyridine rings is 1. The summed E-state index contributed by atoms with van der Waals surface area (Å²) in [6, 6.07) is 15.1. The Bertz CT molecular complexity index is 1310. The number of aryl methyl sites for hydroxylation is 2. The zero-order chi connectivity index (χ0) is 21.3. The molecule has 30 heavy (non-hydrogen) atoms. The van der Waals surface area contributed by atoms with Gasteiger partial charge in [0.25, 0.3) is 5.56 Å². The first kappa shape index (κ1) is 19.6. The summed E-state index contributed by atoms with van der Waals surface area (Å²) in [5.41, 5.74) is 3.09. The number of hydrogen-bond acceptors (Lipinski definition) is 5. The Labute approximate surface area is 174 Å². The number of benzene rings is 2. The molecular weight excluding hydrogens is 378 g/mol. The zero-order valence-electron chi connectivity index (χ0n) is 17.2. The van der Waals surface area contributed by atoms with Crippen LogP contribution in [0, 0.1) is 6.92 Å². The number of carbonyl (C=O) groups excluding carboxylic acids is 1. The number of carbonyl (C=O) groups is 1. The Morgan fingerprint density at radius 2 is 1.97 bits per heavy atom. The normalized spacial score (nSPS) is 11.0. The summed E-state index contributed by atoms with van der Waals surface area (Å²) in [6.07, 6.45) is 1.68. The summed E-state index contributed by atoms with van der Waals surface area (Å²) in [7, 11) is 3.89. The molecule has 0 aliphatic heterocycles. The average molecular weight is 401 g/mol. The van der Waals surface area contributed by atoms with Crippen molar-refractivity contribution in [2.24, 2.45) is 0 Å². The van der Waals surface area contributed by atoms with Crippen LogP contribution >= 0.6 is 0 Å². The van der Waals surface area contributed by atoms with Crippen LogP contribution in [0.15, 0.2) is 59.7 Å². The van der Waals surface area contributed by atoms with Crippen molar-refractivity contribution in [3.8, 4) is 0 Å². The van der Waals surface area contributed by atoms with Crippen LogP contribution in [-0.4, -0.2) is 34.5 Å². The second kappa shape index (κ2) is 7.94. The molecule has 4 aromatic rings. The van der Waals surface area contributed by atoms with Gasteiger partial charge >= 0.3 is 0 Å². The molecule has 0 bridgehead atoms. The molecule has 2 heterocycles. The van der Waals surface area contributed by atoms with E-state index < -0.39 is 0 Å². The van der Waals surface area contributed by atoms with E-state index in [2.05, 4.69) is 15.3 Å². The van der Waals surface area contributed by atoms with Gasteiger partial charge in [-0.3, -0.25) is 14.2 Å². The monoisotopic (exact) mass is 401 g/mol. The van der Waals surface area contributed by atoms with Crippen molar-refractivity contribution < 1.29 is 4.79 Å². The van der Waals surface area contributed by atoms with Crippen molar-refractivity contribution in [2.45, 2.75) is 19.9 Å². The Morgan fingerprint density at radius 1 is 1.13 bits per heavy atom. The van der Waals surface area contributed by atoms with E-state index in [0.717, 1.165) is 22.3 Å². The molecule has 0 aliphatic rings. The van der Waals surface area contributed by atoms with Crippen molar-refractivity contribution in [1.82, 2.24) is 14.5 Å². The molecule has 1 N–H and O–H groups in total. The molecule has 7 nitrogen and oxygen atoms in total. The highest BCUT2D eigenvalue weighted by Gasteiger charge is 2.09. The topological polar surface area (TPSA) is 80.1 Å². The van der Waals surface area contributed by atoms with E-state index >= 15 is 0 Å². The van der Waals surface area contributed by atoms with Gasteiger partial charge in [0.2, 0.25) is 5.91 Å². The fourth-order valence-electron chi connectivity index (χ4n) is 3.38. The van der Waals surface area contributed by atoms with Crippen LogP contribution < -0.4 is 15.8 Å². The predicted octanol–water partition coefficient (Wildman–Crippen LogP) is 3.35. The lowest BCUT2D eigenvalue weighted by atomic mass is 10.1. The maximum Gasteiger partial charge on any atom is 0.261 e. The molecule has 0 saturated heterocycles. The summed E-state index contributed by atoms with van der Waals surface area (Å²) in [5, 5.41) is 4.41. The summed E-state index contributed by atoms with van der Waals surface area (Å²) in [4.78, 5) is 36.0. The number of nitrogens with one attached hydrogen (secondary N) is 1. The Kier molecular flexibility index (Phi) is 5.18. The quantitative estimate of drug-likeness (QED) is 0.555. The minimum atomic E-state index is -0.163. The van der Waals surface area contributed by atoms with Crippen LogP contribution in [0.1, 0.15) is 12.0 Å². The lowest BCUT2D eigenvalue weighted by molar-refractivity contribution is -0.116. The van der Waals surface area contributed by atoms with Gasteiger partial charge in [0.15, 0.2) is 0 Å². The number of amides is 1. The van der Waals surface area contributed by atoms with Gasteiger partial charge in [0, 0.05) is 38.1 Å². The van der Waals surface area contributed by atoms with E-state index in [1.165, 1.54) is 10.9 Å². The molecule has 0 unspecified atom stereocenters. The number of rotatable bonds is 5. The first-order valence-electron chi connectivity index (χ1n) is 9.75. The van der Waals surface area contributed by atoms with Crippen LogP contribution in [0.3, 0.4) is 0 Å². The average Bonchev–Trinajstić information content (AvgIpc) is 2.73. The van der Waals surface area contributed by atoms with Gasteiger partial charge in [-0.25, -0.2) is 9.97 Å². The van der Waals surface area contributed by atoms with E-state index in [-0.39, 0.29) is 24.4 Å². The third-order valence-corrected chi connectivity index (χ3v) is 5.05. The number of hydrogen-bond donors (Lipinski definition) is 1. The van der Waals surface area contributed by atoms with Crippen LogP contribution in [-0.2, 0) is 11.3 Å². The highest BCUT2D eigenvalue weighted by molar-refractivity contribution is 5.93.